The van der Waals surface area contributed by atoms with Gasteiger partial charge in [0.25, 0.3) is 0 Å². The third-order valence-electron chi connectivity index (χ3n) is 3.82. The van der Waals surface area contributed by atoms with Crippen LogP contribution >= 0.6 is 0 Å². The Balaban J connectivity index is 1.55. The summed E-state index contributed by atoms with van der Waals surface area (Å²) in [6.45, 7) is 2.81. The van der Waals surface area contributed by atoms with E-state index in [0.29, 0.717) is 6.42 Å². The van der Waals surface area contributed by atoms with Gasteiger partial charge in [0, 0.05) is 13.0 Å². The molecule has 1 N–H and O–H groups in total. The van der Waals surface area contributed by atoms with Gasteiger partial charge in [0.05, 0.1) is 0 Å². The first-order valence-electron chi connectivity index (χ1n) is 8.10. The SMILES string of the molecule is Cc1ccc(CCNC(=O)CCCCc2ccccc2)cc1. The van der Waals surface area contributed by atoms with Gasteiger partial charge in [-0.05, 0) is 43.7 Å². The van der Waals surface area contributed by atoms with Gasteiger partial charge < -0.3 is 5.32 Å². The maximum absolute atomic E-state index is 11.8. The maximum atomic E-state index is 11.8. The molecular formula is C20H25NO. The maximum Gasteiger partial charge on any atom is 0.220 e. The monoisotopic (exact) mass is 295 g/mol. The standard InChI is InChI=1S/C20H25NO/c1-17-11-13-19(14-12-17)15-16-21-20(22)10-6-5-9-18-7-3-2-4-8-18/h2-4,7-8,11-14H,5-6,9-10,15-16H2,1H3,(H,21,22). The zero-order valence-corrected chi connectivity index (χ0v) is 13.3. The quantitative estimate of drug-likeness (QED) is 0.731. The molecule has 2 aromatic rings. The van der Waals surface area contributed by atoms with Crippen LogP contribution in [0.4, 0.5) is 0 Å². The van der Waals surface area contributed by atoms with Crippen LogP contribution in [0.3, 0.4) is 0 Å². The van der Waals surface area contributed by atoms with Crippen LogP contribution in [0.25, 0.3) is 0 Å². The second-order valence-corrected chi connectivity index (χ2v) is 5.78. The van der Waals surface area contributed by atoms with Crippen molar-refractivity contribution in [3.8, 4) is 0 Å². The van der Waals surface area contributed by atoms with Crippen LogP contribution in [-0.2, 0) is 17.6 Å². The van der Waals surface area contributed by atoms with E-state index in [1.165, 1.54) is 16.7 Å². The fourth-order valence-corrected chi connectivity index (χ4v) is 2.45. The molecule has 0 aliphatic rings. The van der Waals surface area contributed by atoms with Gasteiger partial charge >= 0.3 is 0 Å². The van der Waals surface area contributed by atoms with Crippen LogP contribution in [-0.4, -0.2) is 12.5 Å². The molecule has 116 valence electrons. The van der Waals surface area contributed by atoms with Crippen LogP contribution in [0.2, 0.25) is 0 Å². The zero-order valence-electron chi connectivity index (χ0n) is 13.3. The fraction of sp³-hybridized carbons (Fsp3) is 0.350. The van der Waals surface area contributed by atoms with Crippen molar-refractivity contribution in [3.05, 3.63) is 71.3 Å². The van der Waals surface area contributed by atoms with Crippen molar-refractivity contribution in [3.63, 3.8) is 0 Å². The molecule has 0 unspecified atom stereocenters. The van der Waals surface area contributed by atoms with Gasteiger partial charge in [-0.1, -0.05) is 60.2 Å². The minimum absolute atomic E-state index is 0.167. The summed E-state index contributed by atoms with van der Waals surface area (Å²) in [6, 6.07) is 18.9. The number of nitrogens with one attached hydrogen (secondary N) is 1. The van der Waals surface area contributed by atoms with Crippen molar-refractivity contribution < 1.29 is 4.79 Å². The summed E-state index contributed by atoms with van der Waals surface area (Å²) in [6.07, 6.45) is 4.59. The Bertz CT molecular complexity index is 560. The molecule has 22 heavy (non-hydrogen) atoms. The Morgan fingerprint density at radius 1 is 0.864 bits per heavy atom. The summed E-state index contributed by atoms with van der Waals surface area (Å²) in [5.41, 5.74) is 3.89. The van der Waals surface area contributed by atoms with Gasteiger partial charge in [-0.3, -0.25) is 4.79 Å². The highest BCUT2D eigenvalue weighted by molar-refractivity contribution is 5.75. The molecule has 0 aromatic heterocycles. The van der Waals surface area contributed by atoms with Gasteiger partial charge in [0.15, 0.2) is 0 Å². The molecule has 0 atom stereocenters. The number of carbonyl (C=O) groups is 1. The molecular weight excluding hydrogens is 270 g/mol. The van der Waals surface area contributed by atoms with Gasteiger partial charge in [0.1, 0.15) is 0 Å². The molecule has 0 heterocycles. The molecule has 0 radical (unpaired) electrons. The first kappa shape index (κ1) is 16.3. The van der Waals surface area contributed by atoms with Crippen molar-refractivity contribution in [1.82, 2.24) is 5.32 Å². The van der Waals surface area contributed by atoms with Crippen molar-refractivity contribution in [2.75, 3.05) is 6.54 Å². The lowest BCUT2D eigenvalue weighted by Gasteiger charge is -2.06. The highest BCUT2D eigenvalue weighted by Crippen LogP contribution is 2.06. The first-order valence-corrected chi connectivity index (χ1v) is 8.10. The van der Waals surface area contributed by atoms with E-state index in [2.05, 4.69) is 60.8 Å². The third kappa shape index (κ3) is 6.13. The van der Waals surface area contributed by atoms with Gasteiger partial charge in [-0.2, -0.15) is 0 Å². The van der Waals surface area contributed by atoms with E-state index in [0.717, 1.165) is 32.2 Å². The van der Waals surface area contributed by atoms with Gasteiger partial charge in [-0.25, -0.2) is 0 Å². The van der Waals surface area contributed by atoms with Gasteiger partial charge in [-0.15, -0.1) is 0 Å². The summed E-state index contributed by atoms with van der Waals surface area (Å²) < 4.78 is 0. The number of amides is 1. The Kier molecular flexibility index (Phi) is 6.69. The predicted molar refractivity (Wildman–Crippen MR) is 91.9 cm³/mol. The smallest absolute Gasteiger partial charge is 0.220 e. The van der Waals surface area contributed by atoms with Crippen LogP contribution in [0.1, 0.15) is 36.0 Å². The number of aryl methyl sites for hydroxylation is 2. The summed E-state index contributed by atoms with van der Waals surface area (Å²) in [4.78, 5) is 11.8. The lowest BCUT2D eigenvalue weighted by atomic mass is 10.1. The Labute approximate surface area is 133 Å². The van der Waals surface area contributed by atoms with E-state index >= 15 is 0 Å². The molecule has 0 aliphatic heterocycles. The van der Waals surface area contributed by atoms with E-state index in [-0.39, 0.29) is 5.91 Å². The average Bonchev–Trinajstić information content (AvgIpc) is 2.54. The molecule has 0 saturated heterocycles. The summed E-state index contributed by atoms with van der Waals surface area (Å²) in [7, 11) is 0. The Morgan fingerprint density at radius 3 is 2.27 bits per heavy atom. The average molecular weight is 295 g/mol. The topological polar surface area (TPSA) is 29.1 Å². The van der Waals surface area contributed by atoms with E-state index in [1.807, 2.05) is 6.07 Å². The largest absolute Gasteiger partial charge is 0.356 e. The van der Waals surface area contributed by atoms with Crippen LogP contribution in [0.15, 0.2) is 54.6 Å². The zero-order chi connectivity index (χ0) is 15.6. The van der Waals surface area contributed by atoms with E-state index in [9.17, 15) is 4.79 Å². The van der Waals surface area contributed by atoms with Crippen molar-refractivity contribution in [1.29, 1.82) is 0 Å². The number of unbranched alkanes of at least 4 members (excludes halogenated alkanes) is 1. The Hall–Kier alpha value is -2.09. The number of carbonyl (C=O) groups excluding carboxylic acids is 1. The normalized spacial score (nSPS) is 10.4. The molecule has 1 amide bonds. The van der Waals surface area contributed by atoms with Crippen LogP contribution < -0.4 is 5.32 Å². The van der Waals surface area contributed by atoms with E-state index in [1.54, 1.807) is 0 Å². The fourth-order valence-electron chi connectivity index (χ4n) is 2.45. The second kappa shape index (κ2) is 9.04. The van der Waals surface area contributed by atoms with Gasteiger partial charge in [0.2, 0.25) is 5.91 Å². The highest BCUT2D eigenvalue weighted by atomic mass is 16.1. The van der Waals surface area contributed by atoms with Crippen LogP contribution in [0.5, 0.6) is 0 Å². The number of benzene rings is 2. The predicted octanol–water partition coefficient (Wildman–Crippen LogP) is 4.07. The first-order chi connectivity index (χ1) is 10.7. The van der Waals surface area contributed by atoms with E-state index < -0.39 is 0 Å². The lowest BCUT2D eigenvalue weighted by Crippen LogP contribution is -2.25. The van der Waals surface area contributed by atoms with E-state index in [4.69, 9.17) is 0 Å². The summed E-state index contributed by atoms with van der Waals surface area (Å²) >= 11 is 0. The molecule has 2 heteroatoms. The molecule has 0 fully saturated rings. The molecule has 2 nitrogen and oxygen atoms in total. The molecule has 2 rings (SSSR count). The van der Waals surface area contributed by atoms with Crippen LogP contribution in [0, 0.1) is 6.92 Å². The third-order valence-corrected chi connectivity index (χ3v) is 3.82. The molecule has 2 aromatic carbocycles. The molecule has 0 bridgehead atoms. The minimum Gasteiger partial charge on any atom is -0.356 e. The van der Waals surface area contributed by atoms with Crippen molar-refractivity contribution >= 4 is 5.91 Å². The Morgan fingerprint density at radius 2 is 1.55 bits per heavy atom. The molecule has 0 spiro atoms. The number of hydrogen-bond acceptors (Lipinski definition) is 1. The summed E-state index contributed by atoms with van der Waals surface area (Å²) in [5.74, 6) is 0.167. The second-order valence-electron chi connectivity index (χ2n) is 5.78. The van der Waals surface area contributed by atoms with Crippen molar-refractivity contribution in [2.24, 2.45) is 0 Å². The molecule has 0 saturated carbocycles. The summed E-state index contributed by atoms with van der Waals surface area (Å²) in [5, 5.41) is 3.01. The minimum atomic E-state index is 0.167. The van der Waals surface area contributed by atoms with Crippen molar-refractivity contribution in [2.45, 2.75) is 39.0 Å². The number of rotatable bonds is 8. The number of hydrogen-bond donors (Lipinski definition) is 1. The highest BCUT2D eigenvalue weighted by Gasteiger charge is 2.01. The lowest BCUT2D eigenvalue weighted by molar-refractivity contribution is -0.121. The molecule has 0 aliphatic carbocycles.